The number of rotatable bonds is 1. The minimum absolute atomic E-state index is 0.00228. The largest absolute Gasteiger partial charge is 0.378 e. The molecule has 4 heteroatoms. The summed E-state index contributed by atoms with van der Waals surface area (Å²) in [5, 5.41) is 0. The average molecular weight is 221 g/mol. The van der Waals surface area contributed by atoms with Gasteiger partial charge in [-0.3, -0.25) is 0 Å². The van der Waals surface area contributed by atoms with Crippen LogP contribution in [-0.4, -0.2) is 36.3 Å². The number of morpholine rings is 1. The third-order valence-electron chi connectivity index (χ3n) is 2.65. The molecule has 0 saturated carbocycles. The first kappa shape index (κ1) is 11.3. The number of anilines is 1. The van der Waals surface area contributed by atoms with Crippen molar-refractivity contribution >= 4 is 5.82 Å². The van der Waals surface area contributed by atoms with E-state index in [1.165, 1.54) is 0 Å². The molecule has 0 amide bonds. The standard InChI is InChI=1S/C12H19N3O/c1-12(2,3)11-13-5-4-10(14-11)15-6-8-16-9-7-15/h4-5H,6-9H2,1-3H3. The molecule has 1 saturated heterocycles. The van der Waals surface area contributed by atoms with Crippen LogP contribution >= 0.6 is 0 Å². The summed E-state index contributed by atoms with van der Waals surface area (Å²) in [5.41, 5.74) is 0.00228. The van der Waals surface area contributed by atoms with Crippen molar-refractivity contribution in [1.29, 1.82) is 0 Å². The third kappa shape index (κ3) is 2.50. The monoisotopic (exact) mass is 221 g/mol. The van der Waals surface area contributed by atoms with Crippen molar-refractivity contribution in [3.05, 3.63) is 18.1 Å². The molecule has 1 aliphatic rings. The Kier molecular flexibility index (Phi) is 3.10. The predicted octanol–water partition coefficient (Wildman–Crippen LogP) is 1.61. The van der Waals surface area contributed by atoms with Crippen LogP contribution in [0.2, 0.25) is 0 Å². The summed E-state index contributed by atoms with van der Waals surface area (Å²) in [5.74, 6) is 1.92. The molecule has 2 rings (SSSR count). The van der Waals surface area contributed by atoms with Crippen molar-refractivity contribution < 1.29 is 4.74 Å². The van der Waals surface area contributed by atoms with Gasteiger partial charge in [-0.05, 0) is 6.07 Å². The van der Waals surface area contributed by atoms with Gasteiger partial charge < -0.3 is 9.64 Å². The van der Waals surface area contributed by atoms with E-state index in [0.29, 0.717) is 0 Å². The van der Waals surface area contributed by atoms with Crippen molar-refractivity contribution in [2.24, 2.45) is 0 Å². The zero-order chi connectivity index (χ0) is 11.6. The van der Waals surface area contributed by atoms with Crippen molar-refractivity contribution in [2.75, 3.05) is 31.2 Å². The van der Waals surface area contributed by atoms with E-state index in [-0.39, 0.29) is 5.41 Å². The van der Waals surface area contributed by atoms with Crippen LogP contribution in [0.4, 0.5) is 5.82 Å². The lowest BCUT2D eigenvalue weighted by Crippen LogP contribution is -2.37. The molecular formula is C12H19N3O. The molecule has 0 atom stereocenters. The van der Waals surface area contributed by atoms with E-state index in [9.17, 15) is 0 Å². The van der Waals surface area contributed by atoms with Crippen LogP contribution in [-0.2, 0) is 10.2 Å². The Bertz CT molecular complexity index is 354. The highest BCUT2D eigenvalue weighted by molar-refractivity contribution is 5.38. The fourth-order valence-corrected chi connectivity index (χ4v) is 1.68. The lowest BCUT2D eigenvalue weighted by atomic mass is 9.96. The highest BCUT2D eigenvalue weighted by Crippen LogP contribution is 2.20. The lowest BCUT2D eigenvalue weighted by Gasteiger charge is -2.28. The summed E-state index contributed by atoms with van der Waals surface area (Å²) in [6.45, 7) is 9.80. The number of hydrogen-bond acceptors (Lipinski definition) is 4. The zero-order valence-corrected chi connectivity index (χ0v) is 10.2. The van der Waals surface area contributed by atoms with Crippen LogP contribution in [0.1, 0.15) is 26.6 Å². The first-order chi connectivity index (χ1) is 7.57. The molecule has 88 valence electrons. The van der Waals surface area contributed by atoms with Crippen molar-refractivity contribution in [2.45, 2.75) is 26.2 Å². The fraction of sp³-hybridized carbons (Fsp3) is 0.667. The Hall–Kier alpha value is -1.16. The molecule has 0 aromatic carbocycles. The summed E-state index contributed by atoms with van der Waals surface area (Å²) < 4.78 is 5.33. The lowest BCUT2D eigenvalue weighted by molar-refractivity contribution is 0.122. The number of ether oxygens (including phenoxy) is 1. The second-order valence-electron chi connectivity index (χ2n) is 5.09. The van der Waals surface area contributed by atoms with Crippen molar-refractivity contribution in [3.63, 3.8) is 0 Å². The molecule has 0 bridgehead atoms. The minimum Gasteiger partial charge on any atom is -0.378 e. The topological polar surface area (TPSA) is 38.2 Å². The van der Waals surface area contributed by atoms with Gasteiger partial charge >= 0.3 is 0 Å². The Morgan fingerprint density at radius 3 is 2.56 bits per heavy atom. The van der Waals surface area contributed by atoms with Gasteiger partial charge in [0.05, 0.1) is 13.2 Å². The van der Waals surface area contributed by atoms with Gasteiger partial charge in [-0.25, -0.2) is 9.97 Å². The quantitative estimate of drug-likeness (QED) is 0.722. The van der Waals surface area contributed by atoms with Crippen LogP contribution in [0.15, 0.2) is 12.3 Å². The van der Waals surface area contributed by atoms with Gasteiger partial charge in [0.25, 0.3) is 0 Å². The molecule has 4 nitrogen and oxygen atoms in total. The summed E-state index contributed by atoms with van der Waals surface area (Å²) in [4.78, 5) is 11.2. The van der Waals surface area contributed by atoms with Crippen molar-refractivity contribution in [3.8, 4) is 0 Å². The zero-order valence-electron chi connectivity index (χ0n) is 10.2. The molecule has 0 N–H and O–H groups in total. The van der Waals surface area contributed by atoms with Crippen LogP contribution < -0.4 is 4.90 Å². The van der Waals surface area contributed by atoms with Gasteiger partial charge in [-0.2, -0.15) is 0 Å². The van der Waals surface area contributed by atoms with Gasteiger partial charge in [-0.15, -0.1) is 0 Å². The van der Waals surface area contributed by atoms with Gasteiger partial charge in [0.1, 0.15) is 11.6 Å². The Balaban J connectivity index is 2.21. The molecular weight excluding hydrogens is 202 g/mol. The predicted molar refractivity (Wildman–Crippen MR) is 63.8 cm³/mol. The van der Waals surface area contributed by atoms with Crippen LogP contribution in [0.5, 0.6) is 0 Å². The SMILES string of the molecule is CC(C)(C)c1nccc(N2CCOCC2)n1. The van der Waals surface area contributed by atoms with Gasteiger partial charge in [-0.1, -0.05) is 20.8 Å². The minimum atomic E-state index is 0.00228. The molecule has 1 aromatic heterocycles. The second-order valence-corrected chi connectivity index (χ2v) is 5.09. The van der Waals surface area contributed by atoms with E-state index in [1.807, 2.05) is 12.3 Å². The van der Waals surface area contributed by atoms with Crippen LogP contribution in [0, 0.1) is 0 Å². The van der Waals surface area contributed by atoms with Crippen LogP contribution in [0.25, 0.3) is 0 Å². The normalized spacial score (nSPS) is 17.6. The maximum Gasteiger partial charge on any atom is 0.135 e. The van der Waals surface area contributed by atoms with E-state index in [2.05, 4.69) is 35.6 Å². The highest BCUT2D eigenvalue weighted by atomic mass is 16.5. The van der Waals surface area contributed by atoms with E-state index < -0.39 is 0 Å². The number of nitrogens with zero attached hydrogens (tertiary/aromatic N) is 3. The Labute approximate surface area is 96.7 Å². The summed E-state index contributed by atoms with van der Waals surface area (Å²) in [7, 11) is 0. The molecule has 2 heterocycles. The molecule has 0 radical (unpaired) electrons. The third-order valence-corrected chi connectivity index (χ3v) is 2.65. The maximum absolute atomic E-state index is 5.33. The van der Waals surface area contributed by atoms with E-state index >= 15 is 0 Å². The second kappa shape index (κ2) is 4.37. The number of aromatic nitrogens is 2. The van der Waals surface area contributed by atoms with E-state index in [0.717, 1.165) is 37.9 Å². The van der Waals surface area contributed by atoms with Crippen LogP contribution in [0.3, 0.4) is 0 Å². The molecule has 0 spiro atoms. The molecule has 1 aromatic rings. The Morgan fingerprint density at radius 2 is 1.94 bits per heavy atom. The van der Waals surface area contributed by atoms with E-state index in [1.54, 1.807) is 0 Å². The van der Waals surface area contributed by atoms with Crippen molar-refractivity contribution in [1.82, 2.24) is 9.97 Å². The fourth-order valence-electron chi connectivity index (χ4n) is 1.68. The summed E-state index contributed by atoms with van der Waals surface area (Å²) >= 11 is 0. The van der Waals surface area contributed by atoms with E-state index in [4.69, 9.17) is 4.74 Å². The Morgan fingerprint density at radius 1 is 1.25 bits per heavy atom. The maximum atomic E-state index is 5.33. The smallest absolute Gasteiger partial charge is 0.135 e. The molecule has 0 unspecified atom stereocenters. The summed E-state index contributed by atoms with van der Waals surface area (Å²) in [6.07, 6.45) is 1.85. The first-order valence-corrected chi connectivity index (χ1v) is 5.73. The average Bonchev–Trinajstić information content (AvgIpc) is 2.29. The molecule has 16 heavy (non-hydrogen) atoms. The first-order valence-electron chi connectivity index (χ1n) is 5.73. The van der Waals surface area contributed by atoms with Gasteiger partial charge in [0.15, 0.2) is 0 Å². The summed E-state index contributed by atoms with van der Waals surface area (Å²) in [6, 6.07) is 1.97. The molecule has 1 aliphatic heterocycles. The molecule has 0 aliphatic carbocycles. The van der Waals surface area contributed by atoms with Gasteiger partial charge in [0, 0.05) is 24.7 Å². The molecule has 1 fully saturated rings. The van der Waals surface area contributed by atoms with Gasteiger partial charge in [0.2, 0.25) is 0 Å². The highest BCUT2D eigenvalue weighted by Gasteiger charge is 2.19. The number of hydrogen-bond donors (Lipinski definition) is 0.